The van der Waals surface area contributed by atoms with Crippen molar-refractivity contribution >= 4 is 17.6 Å². The Kier molecular flexibility index (Phi) is 6.68. The number of rotatable bonds is 7. The summed E-state index contributed by atoms with van der Waals surface area (Å²) in [7, 11) is 1.53. The van der Waals surface area contributed by atoms with Gasteiger partial charge >= 0.3 is 5.97 Å². The third-order valence-corrected chi connectivity index (χ3v) is 4.99. The molecule has 4 aromatic rings. The molecule has 0 saturated heterocycles. The molecular weight excluding hydrogens is 437 g/mol. The number of amides is 1. The maximum absolute atomic E-state index is 13.9. The average Bonchev–Trinajstić information content (AvgIpc) is 3.30. The predicted molar refractivity (Wildman–Crippen MR) is 126 cm³/mol. The number of anilines is 1. The van der Waals surface area contributed by atoms with Gasteiger partial charge in [-0.25, -0.2) is 13.9 Å². The van der Waals surface area contributed by atoms with Crippen molar-refractivity contribution in [2.45, 2.75) is 6.92 Å². The minimum atomic E-state index is -0.582. The Balaban J connectivity index is 1.70. The lowest BCUT2D eigenvalue weighted by Gasteiger charge is -2.10. The zero-order valence-corrected chi connectivity index (χ0v) is 18.6. The maximum Gasteiger partial charge on any atom is 0.358 e. The van der Waals surface area contributed by atoms with Gasteiger partial charge in [-0.2, -0.15) is 5.10 Å². The van der Waals surface area contributed by atoms with E-state index in [9.17, 15) is 14.0 Å². The van der Waals surface area contributed by atoms with Crippen molar-refractivity contribution in [3.63, 3.8) is 0 Å². The normalized spacial score (nSPS) is 10.6. The standard InChI is InChI=1S/C26H22FN3O4/c1-3-34-26(32)23-16-24(30(29-23)21-11-6-9-19(27)15-21)17-7-4-10-20(13-17)28-25(31)18-8-5-12-22(14-18)33-2/h4-16H,3H2,1-2H3,(H,28,31). The van der Waals surface area contributed by atoms with Crippen molar-refractivity contribution in [1.82, 2.24) is 9.78 Å². The number of hydrogen-bond donors (Lipinski definition) is 1. The highest BCUT2D eigenvalue weighted by Crippen LogP contribution is 2.27. The Morgan fingerprint density at radius 2 is 1.79 bits per heavy atom. The van der Waals surface area contributed by atoms with Gasteiger partial charge in [-0.3, -0.25) is 4.79 Å². The Morgan fingerprint density at radius 3 is 2.56 bits per heavy atom. The summed E-state index contributed by atoms with van der Waals surface area (Å²) in [6, 6.07) is 21.4. The molecule has 3 aromatic carbocycles. The zero-order valence-electron chi connectivity index (χ0n) is 18.6. The molecule has 8 heteroatoms. The van der Waals surface area contributed by atoms with Crippen molar-refractivity contribution in [3.05, 3.63) is 95.9 Å². The van der Waals surface area contributed by atoms with Crippen molar-refractivity contribution in [1.29, 1.82) is 0 Å². The summed E-state index contributed by atoms with van der Waals surface area (Å²) in [5.41, 5.74) is 2.71. The molecule has 7 nitrogen and oxygen atoms in total. The van der Waals surface area contributed by atoms with Crippen LogP contribution in [0.15, 0.2) is 78.9 Å². The highest BCUT2D eigenvalue weighted by atomic mass is 19.1. The van der Waals surface area contributed by atoms with Crippen molar-refractivity contribution in [2.24, 2.45) is 0 Å². The van der Waals surface area contributed by atoms with Crippen LogP contribution in [0.3, 0.4) is 0 Å². The number of carbonyl (C=O) groups excluding carboxylic acids is 2. The van der Waals surface area contributed by atoms with Gasteiger partial charge in [0.2, 0.25) is 0 Å². The van der Waals surface area contributed by atoms with E-state index in [2.05, 4.69) is 10.4 Å². The fourth-order valence-electron chi connectivity index (χ4n) is 3.42. The van der Waals surface area contributed by atoms with Gasteiger partial charge in [0, 0.05) is 16.8 Å². The minimum Gasteiger partial charge on any atom is -0.497 e. The number of halogens is 1. The first-order valence-electron chi connectivity index (χ1n) is 10.6. The molecule has 0 aliphatic heterocycles. The van der Waals surface area contributed by atoms with Gasteiger partial charge in [0.15, 0.2) is 5.69 Å². The molecule has 0 bridgehead atoms. The van der Waals surface area contributed by atoms with Crippen LogP contribution < -0.4 is 10.1 Å². The van der Waals surface area contributed by atoms with E-state index in [1.54, 1.807) is 67.6 Å². The van der Waals surface area contributed by atoms with E-state index >= 15 is 0 Å². The Hall–Kier alpha value is -4.46. The molecule has 1 amide bonds. The number of carbonyl (C=O) groups is 2. The molecule has 34 heavy (non-hydrogen) atoms. The molecular formula is C26H22FN3O4. The van der Waals surface area contributed by atoms with Gasteiger partial charge in [0.05, 0.1) is 25.1 Å². The first-order valence-corrected chi connectivity index (χ1v) is 10.6. The van der Waals surface area contributed by atoms with E-state index < -0.39 is 11.8 Å². The van der Waals surface area contributed by atoms with Gasteiger partial charge in [0.25, 0.3) is 5.91 Å². The third-order valence-electron chi connectivity index (χ3n) is 4.99. The van der Waals surface area contributed by atoms with E-state index in [0.29, 0.717) is 33.9 Å². The van der Waals surface area contributed by atoms with E-state index in [-0.39, 0.29) is 18.2 Å². The molecule has 0 aliphatic carbocycles. The smallest absolute Gasteiger partial charge is 0.358 e. The third kappa shape index (κ3) is 4.96. The zero-order chi connectivity index (χ0) is 24.1. The molecule has 0 atom stereocenters. The Morgan fingerprint density at radius 1 is 1.00 bits per heavy atom. The summed E-state index contributed by atoms with van der Waals surface area (Å²) in [5, 5.41) is 7.21. The topological polar surface area (TPSA) is 82.5 Å². The summed E-state index contributed by atoms with van der Waals surface area (Å²) < 4.78 is 25.6. The average molecular weight is 459 g/mol. The summed E-state index contributed by atoms with van der Waals surface area (Å²) in [6.45, 7) is 1.91. The number of nitrogens with one attached hydrogen (secondary N) is 1. The van der Waals surface area contributed by atoms with Crippen LogP contribution in [0, 0.1) is 5.82 Å². The lowest BCUT2D eigenvalue weighted by molar-refractivity contribution is 0.0519. The van der Waals surface area contributed by atoms with Gasteiger partial charge in [-0.05, 0) is 61.5 Å². The van der Waals surface area contributed by atoms with E-state index in [1.807, 2.05) is 6.07 Å². The molecule has 0 saturated carbocycles. The minimum absolute atomic E-state index is 0.0898. The second-order valence-corrected chi connectivity index (χ2v) is 7.29. The number of benzene rings is 3. The highest BCUT2D eigenvalue weighted by Gasteiger charge is 2.18. The number of methoxy groups -OCH3 is 1. The van der Waals surface area contributed by atoms with Crippen LogP contribution in [0.4, 0.5) is 10.1 Å². The molecule has 1 N–H and O–H groups in total. The molecule has 0 unspecified atom stereocenters. The number of hydrogen-bond acceptors (Lipinski definition) is 5. The van der Waals surface area contributed by atoms with Crippen LogP contribution in [0.25, 0.3) is 16.9 Å². The monoisotopic (exact) mass is 459 g/mol. The first kappa shape index (κ1) is 22.7. The summed E-state index contributed by atoms with van der Waals surface area (Å²) >= 11 is 0. The number of esters is 1. The fraction of sp³-hybridized carbons (Fsp3) is 0.115. The van der Waals surface area contributed by atoms with Gasteiger partial charge in [-0.1, -0.05) is 24.3 Å². The van der Waals surface area contributed by atoms with Crippen molar-refractivity contribution < 1.29 is 23.5 Å². The van der Waals surface area contributed by atoms with Crippen LogP contribution in [0.1, 0.15) is 27.8 Å². The summed E-state index contributed by atoms with van der Waals surface area (Å²) in [6.07, 6.45) is 0. The quantitative estimate of drug-likeness (QED) is 0.388. The van der Waals surface area contributed by atoms with E-state index in [1.165, 1.54) is 23.9 Å². The summed E-state index contributed by atoms with van der Waals surface area (Å²) in [5.74, 6) is -0.744. The van der Waals surface area contributed by atoms with Crippen LogP contribution in [0.2, 0.25) is 0 Å². The van der Waals surface area contributed by atoms with Gasteiger partial charge in [0.1, 0.15) is 11.6 Å². The van der Waals surface area contributed by atoms with E-state index in [0.717, 1.165) is 0 Å². The number of aromatic nitrogens is 2. The molecule has 172 valence electrons. The van der Waals surface area contributed by atoms with Gasteiger partial charge in [-0.15, -0.1) is 0 Å². The van der Waals surface area contributed by atoms with Crippen LogP contribution >= 0.6 is 0 Å². The Labute approximate surface area is 195 Å². The molecule has 1 heterocycles. The first-order chi connectivity index (χ1) is 16.5. The lowest BCUT2D eigenvalue weighted by Crippen LogP contribution is -2.12. The SMILES string of the molecule is CCOC(=O)c1cc(-c2cccc(NC(=O)c3cccc(OC)c3)c2)n(-c2cccc(F)c2)n1. The fourth-order valence-corrected chi connectivity index (χ4v) is 3.42. The van der Waals surface area contributed by atoms with Crippen LogP contribution in [-0.4, -0.2) is 35.4 Å². The largest absolute Gasteiger partial charge is 0.497 e. The van der Waals surface area contributed by atoms with Crippen molar-refractivity contribution in [3.8, 4) is 22.7 Å². The van der Waals surface area contributed by atoms with Crippen LogP contribution in [-0.2, 0) is 4.74 Å². The molecule has 1 aromatic heterocycles. The van der Waals surface area contributed by atoms with Crippen LogP contribution in [0.5, 0.6) is 5.75 Å². The molecule has 0 radical (unpaired) electrons. The molecule has 0 spiro atoms. The Bertz CT molecular complexity index is 1350. The summed E-state index contributed by atoms with van der Waals surface area (Å²) in [4.78, 5) is 25.1. The highest BCUT2D eigenvalue weighted by molar-refractivity contribution is 6.04. The molecule has 4 rings (SSSR count). The lowest BCUT2D eigenvalue weighted by atomic mass is 10.1. The number of nitrogens with zero attached hydrogens (tertiary/aromatic N) is 2. The second-order valence-electron chi connectivity index (χ2n) is 7.29. The van der Waals surface area contributed by atoms with Crippen molar-refractivity contribution in [2.75, 3.05) is 19.0 Å². The maximum atomic E-state index is 13.9. The molecule has 0 fully saturated rings. The van der Waals surface area contributed by atoms with Gasteiger partial charge < -0.3 is 14.8 Å². The number of ether oxygens (including phenoxy) is 2. The predicted octanol–water partition coefficient (Wildman–Crippen LogP) is 5.12. The van der Waals surface area contributed by atoms with E-state index in [4.69, 9.17) is 9.47 Å². The molecule has 0 aliphatic rings. The second kappa shape index (κ2) is 9.99.